The number of aromatic amines is 1. The first-order valence-electron chi connectivity index (χ1n) is 9.93. The Bertz CT molecular complexity index is 1190. The van der Waals surface area contributed by atoms with Crippen molar-refractivity contribution in [1.29, 1.82) is 0 Å². The molecule has 29 heavy (non-hydrogen) atoms. The number of benzene rings is 1. The normalized spacial score (nSPS) is 16.2. The number of amides is 1. The lowest BCUT2D eigenvalue weighted by Crippen LogP contribution is -2.42. The van der Waals surface area contributed by atoms with Gasteiger partial charge in [0, 0.05) is 35.0 Å². The van der Waals surface area contributed by atoms with Gasteiger partial charge in [0.1, 0.15) is 12.6 Å². The number of pyridine rings is 1. The van der Waals surface area contributed by atoms with Gasteiger partial charge >= 0.3 is 0 Å². The molecule has 6 heteroatoms. The monoisotopic (exact) mass is 385 g/mol. The van der Waals surface area contributed by atoms with Crippen LogP contribution in [0.5, 0.6) is 0 Å². The van der Waals surface area contributed by atoms with E-state index in [4.69, 9.17) is 0 Å². The molecule has 146 valence electrons. The van der Waals surface area contributed by atoms with Gasteiger partial charge in [0.25, 0.3) is 0 Å². The maximum absolute atomic E-state index is 13.4. The van der Waals surface area contributed by atoms with E-state index in [1.54, 1.807) is 10.9 Å². The van der Waals surface area contributed by atoms with Gasteiger partial charge in [-0.25, -0.2) is 0 Å². The number of hydrogen-bond donors (Lipinski definition) is 1. The van der Waals surface area contributed by atoms with Crippen LogP contribution in [0.2, 0.25) is 0 Å². The van der Waals surface area contributed by atoms with Crippen molar-refractivity contribution in [2.45, 2.75) is 32.9 Å². The van der Waals surface area contributed by atoms with Crippen LogP contribution >= 0.6 is 0 Å². The van der Waals surface area contributed by atoms with Crippen molar-refractivity contribution in [1.82, 2.24) is 24.6 Å². The maximum Gasteiger partial charge on any atom is 0.245 e. The summed E-state index contributed by atoms with van der Waals surface area (Å²) in [4.78, 5) is 23.5. The highest BCUT2D eigenvalue weighted by molar-refractivity contribution is 5.86. The fourth-order valence-electron chi connectivity index (χ4n) is 4.41. The maximum atomic E-state index is 13.4. The number of para-hydroxylation sites is 1. The minimum absolute atomic E-state index is 0.0520. The molecule has 1 N–H and O–H groups in total. The van der Waals surface area contributed by atoms with Crippen LogP contribution in [0.1, 0.15) is 34.4 Å². The van der Waals surface area contributed by atoms with Crippen LogP contribution < -0.4 is 0 Å². The van der Waals surface area contributed by atoms with Crippen LogP contribution in [-0.2, 0) is 17.8 Å². The first-order valence-corrected chi connectivity index (χ1v) is 9.93. The first kappa shape index (κ1) is 17.7. The van der Waals surface area contributed by atoms with Gasteiger partial charge in [0.05, 0.1) is 11.4 Å². The van der Waals surface area contributed by atoms with Crippen LogP contribution in [0.4, 0.5) is 0 Å². The number of carbonyl (C=O) groups is 1. The molecule has 3 aromatic heterocycles. The average Bonchev–Trinajstić information content (AvgIpc) is 3.26. The van der Waals surface area contributed by atoms with Gasteiger partial charge in [-0.2, -0.15) is 5.10 Å². The Hall–Kier alpha value is -3.41. The van der Waals surface area contributed by atoms with Crippen LogP contribution in [0.15, 0.2) is 54.7 Å². The second-order valence-corrected chi connectivity index (χ2v) is 7.64. The summed E-state index contributed by atoms with van der Waals surface area (Å²) in [5, 5.41) is 5.70. The second-order valence-electron chi connectivity index (χ2n) is 7.64. The molecule has 5 rings (SSSR count). The van der Waals surface area contributed by atoms with Crippen molar-refractivity contribution in [3.8, 4) is 0 Å². The van der Waals surface area contributed by atoms with E-state index in [2.05, 4.69) is 33.3 Å². The van der Waals surface area contributed by atoms with Gasteiger partial charge in [0.2, 0.25) is 5.91 Å². The van der Waals surface area contributed by atoms with Gasteiger partial charge in [0.15, 0.2) is 0 Å². The number of rotatable bonds is 3. The summed E-state index contributed by atoms with van der Waals surface area (Å²) < 4.78 is 1.79. The lowest BCUT2D eigenvalue weighted by atomic mass is 9.94. The molecule has 1 unspecified atom stereocenters. The summed E-state index contributed by atoms with van der Waals surface area (Å²) in [7, 11) is 0. The number of nitrogens with one attached hydrogen (secondary N) is 1. The molecule has 1 aliphatic rings. The fraction of sp³-hybridized carbons (Fsp3) is 0.261. The summed E-state index contributed by atoms with van der Waals surface area (Å²) in [5.74, 6) is 0.0520. The number of carbonyl (C=O) groups excluding carboxylic acids is 1. The van der Waals surface area contributed by atoms with E-state index in [1.165, 1.54) is 10.9 Å². The van der Waals surface area contributed by atoms with Gasteiger partial charge in [-0.3, -0.25) is 14.5 Å². The number of nitrogens with zero attached hydrogens (tertiary/aromatic N) is 4. The summed E-state index contributed by atoms with van der Waals surface area (Å²) in [5.41, 5.74) is 6.25. The van der Waals surface area contributed by atoms with Gasteiger partial charge in [-0.1, -0.05) is 24.3 Å². The highest BCUT2D eigenvalue weighted by Gasteiger charge is 2.35. The van der Waals surface area contributed by atoms with E-state index in [-0.39, 0.29) is 18.5 Å². The largest absolute Gasteiger partial charge is 0.356 e. The molecule has 1 amide bonds. The average molecular weight is 385 g/mol. The third kappa shape index (κ3) is 3.01. The Kier molecular flexibility index (Phi) is 4.19. The Morgan fingerprint density at radius 1 is 1.17 bits per heavy atom. The van der Waals surface area contributed by atoms with Gasteiger partial charge < -0.3 is 9.88 Å². The third-order valence-electron chi connectivity index (χ3n) is 5.71. The van der Waals surface area contributed by atoms with Gasteiger partial charge in [-0.15, -0.1) is 0 Å². The molecule has 4 heterocycles. The van der Waals surface area contributed by atoms with Crippen molar-refractivity contribution < 1.29 is 4.79 Å². The zero-order valence-electron chi connectivity index (χ0n) is 16.6. The lowest BCUT2D eigenvalue weighted by Gasteiger charge is -2.35. The number of aromatic nitrogens is 4. The van der Waals surface area contributed by atoms with E-state index in [0.717, 1.165) is 34.7 Å². The second kappa shape index (κ2) is 6.88. The van der Waals surface area contributed by atoms with Crippen molar-refractivity contribution in [3.05, 3.63) is 83.1 Å². The van der Waals surface area contributed by atoms with Gasteiger partial charge in [-0.05, 0) is 50.1 Å². The number of H-pyrrole nitrogens is 1. The summed E-state index contributed by atoms with van der Waals surface area (Å²) in [6.07, 6.45) is 2.61. The molecule has 1 aromatic carbocycles. The predicted molar refractivity (Wildman–Crippen MR) is 111 cm³/mol. The zero-order valence-corrected chi connectivity index (χ0v) is 16.6. The molecule has 6 nitrogen and oxygen atoms in total. The molecule has 4 aromatic rings. The van der Waals surface area contributed by atoms with E-state index < -0.39 is 0 Å². The van der Waals surface area contributed by atoms with E-state index in [0.29, 0.717) is 6.54 Å². The third-order valence-corrected chi connectivity index (χ3v) is 5.71. The topological polar surface area (TPSA) is 66.8 Å². The molecule has 0 aliphatic carbocycles. The highest BCUT2D eigenvalue weighted by atomic mass is 16.2. The van der Waals surface area contributed by atoms with Crippen molar-refractivity contribution in [3.63, 3.8) is 0 Å². The summed E-state index contributed by atoms with van der Waals surface area (Å²) >= 11 is 0. The quantitative estimate of drug-likeness (QED) is 0.586. The van der Waals surface area contributed by atoms with Crippen molar-refractivity contribution in [2.24, 2.45) is 0 Å². The highest BCUT2D eigenvalue weighted by Crippen LogP contribution is 2.37. The molecule has 0 bridgehead atoms. The van der Waals surface area contributed by atoms with Crippen molar-refractivity contribution in [2.75, 3.05) is 6.54 Å². The lowest BCUT2D eigenvalue weighted by molar-refractivity contribution is -0.134. The number of hydrogen-bond acceptors (Lipinski definition) is 3. The molecule has 0 spiro atoms. The molecule has 0 saturated carbocycles. The molecule has 0 radical (unpaired) electrons. The Morgan fingerprint density at radius 2 is 2.00 bits per heavy atom. The molecular formula is C23H23N5O. The van der Waals surface area contributed by atoms with E-state index in [9.17, 15) is 4.79 Å². The van der Waals surface area contributed by atoms with Crippen LogP contribution in [-0.4, -0.2) is 37.1 Å². The van der Waals surface area contributed by atoms with Crippen LogP contribution in [0.25, 0.3) is 10.9 Å². The Labute approximate surface area is 169 Å². The zero-order chi connectivity index (χ0) is 20.0. The Balaban J connectivity index is 1.58. The Morgan fingerprint density at radius 3 is 2.76 bits per heavy atom. The molecule has 1 atom stereocenters. The van der Waals surface area contributed by atoms with Crippen LogP contribution in [0, 0.1) is 13.8 Å². The minimum Gasteiger partial charge on any atom is -0.356 e. The summed E-state index contributed by atoms with van der Waals surface area (Å²) in [6.45, 7) is 4.82. The standard InChI is InChI=1S/C23H23N5O/c1-15-13-16(2)28(26-15)14-21(29)27-12-10-18-17-7-3-4-8-19(17)25-22(18)23(27)20-9-5-6-11-24-20/h3-9,11,13,23,25H,10,12,14H2,1-2H3. The first-order chi connectivity index (χ1) is 14.1. The molecule has 0 saturated heterocycles. The SMILES string of the molecule is Cc1cc(C)n(CC(=O)N2CCc3c([nH]c4ccccc34)C2c2ccccn2)n1. The fourth-order valence-corrected chi connectivity index (χ4v) is 4.41. The number of aryl methyl sites for hydroxylation is 2. The predicted octanol–water partition coefficient (Wildman–Crippen LogP) is 3.55. The van der Waals surface area contributed by atoms with E-state index >= 15 is 0 Å². The molecule has 0 fully saturated rings. The molecule has 1 aliphatic heterocycles. The van der Waals surface area contributed by atoms with E-state index in [1.807, 2.05) is 49.1 Å². The smallest absolute Gasteiger partial charge is 0.245 e. The minimum atomic E-state index is -0.225. The molecular weight excluding hydrogens is 362 g/mol. The van der Waals surface area contributed by atoms with Crippen molar-refractivity contribution >= 4 is 16.8 Å². The number of fused-ring (bicyclic) bond motifs is 3. The van der Waals surface area contributed by atoms with Crippen LogP contribution in [0.3, 0.4) is 0 Å². The summed E-state index contributed by atoms with van der Waals surface area (Å²) in [6, 6.07) is 16.0.